The van der Waals surface area contributed by atoms with E-state index in [0.29, 0.717) is 19.3 Å². The van der Waals surface area contributed by atoms with Crippen molar-refractivity contribution >= 4 is 17.9 Å². The smallest absolute Gasteiger partial charge is 0.306 e. The third-order valence-corrected chi connectivity index (χ3v) is 12.4. The summed E-state index contributed by atoms with van der Waals surface area (Å²) in [7, 11) is 0. The molecule has 0 amide bonds. The van der Waals surface area contributed by atoms with Gasteiger partial charge in [0.15, 0.2) is 6.10 Å². The minimum Gasteiger partial charge on any atom is -0.462 e. The first-order chi connectivity index (χ1) is 28.9. The lowest BCUT2D eigenvalue weighted by atomic mass is 9.99. The van der Waals surface area contributed by atoms with Crippen molar-refractivity contribution < 1.29 is 28.6 Å². The van der Waals surface area contributed by atoms with E-state index in [2.05, 4.69) is 27.7 Å². The summed E-state index contributed by atoms with van der Waals surface area (Å²) in [5.41, 5.74) is 0. The molecule has 0 aromatic carbocycles. The monoisotopic (exact) mass is 835 g/mol. The first-order valence-corrected chi connectivity index (χ1v) is 26.4. The van der Waals surface area contributed by atoms with Crippen molar-refractivity contribution in [1.29, 1.82) is 0 Å². The van der Waals surface area contributed by atoms with E-state index in [4.69, 9.17) is 14.2 Å². The molecule has 350 valence electrons. The molecule has 0 N–H and O–H groups in total. The van der Waals surface area contributed by atoms with Crippen LogP contribution in [0.1, 0.15) is 297 Å². The van der Waals surface area contributed by atoms with Gasteiger partial charge >= 0.3 is 17.9 Å². The van der Waals surface area contributed by atoms with Crippen LogP contribution in [0.25, 0.3) is 0 Å². The zero-order chi connectivity index (χ0) is 43.1. The molecule has 0 saturated carbocycles. The highest BCUT2D eigenvalue weighted by Gasteiger charge is 2.19. The average Bonchev–Trinajstić information content (AvgIpc) is 3.23. The van der Waals surface area contributed by atoms with E-state index in [-0.39, 0.29) is 31.1 Å². The topological polar surface area (TPSA) is 78.9 Å². The highest BCUT2D eigenvalue weighted by Crippen LogP contribution is 2.18. The maximum Gasteiger partial charge on any atom is 0.306 e. The van der Waals surface area contributed by atoms with Crippen molar-refractivity contribution in [2.75, 3.05) is 13.2 Å². The summed E-state index contributed by atoms with van der Waals surface area (Å²) in [4.78, 5) is 37.7. The van der Waals surface area contributed by atoms with Gasteiger partial charge in [-0.25, -0.2) is 0 Å². The third kappa shape index (κ3) is 45.8. The predicted molar refractivity (Wildman–Crippen MR) is 252 cm³/mol. The van der Waals surface area contributed by atoms with Crippen LogP contribution in [-0.2, 0) is 28.6 Å². The Kier molecular flexibility index (Phi) is 46.2. The fraction of sp³-hybridized carbons (Fsp3) is 0.943. The quantitative estimate of drug-likeness (QED) is 0.0345. The summed E-state index contributed by atoms with van der Waals surface area (Å²) < 4.78 is 16.7. The van der Waals surface area contributed by atoms with Gasteiger partial charge in [-0.3, -0.25) is 14.4 Å². The molecule has 59 heavy (non-hydrogen) atoms. The molecule has 0 aromatic rings. The van der Waals surface area contributed by atoms with Crippen molar-refractivity contribution in [2.45, 2.75) is 303 Å². The zero-order valence-electron chi connectivity index (χ0n) is 40.2. The van der Waals surface area contributed by atoms with Crippen LogP contribution < -0.4 is 0 Å². The first-order valence-electron chi connectivity index (χ1n) is 26.4. The van der Waals surface area contributed by atoms with E-state index in [0.717, 1.165) is 63.7 Å². The number of unbranched alkanes of at least 4 members (excludes halogenated alkanes) is 34. The standard InChI is InChI=1S/C53H102O6/c1-5-8-10-12-14-15-16-26-30-34-38-42-46-53(56)59-50(47-57-51(54)44-40-36-31-13-11-9-6-2)48-58-52(55)45-41-37-33-29-27-24-22-20-18-17-19-21-23-25-28-32-35-39-43-49(4)7-3/h49-50H,5-48H2,1-4H3/t49?,50-/m0/s1. The van der Waals surface area contributed by atoms with Crippen molar-refractivity contribution in [1.82, 2.24) is 0 Å². The van der Waals surface area contributed by atoms with Crippen molar-refractivity contribution in [3.05, 3.63) is 0 Å². The lowest BCUT2D eigenvalue weighted by Crippen LogP contribution is -2.30. The number of hydrogen-bond donors (Lipinski definition) is 0. The molecule has 6 heteroatoms. The lowest BCUT2D eigenvalue weighted by molar-refractivity contribution is -0.167. The van der Waals surface area contributed by atoms with E-state index in [9.17, 15) is 14.4 Å². The molecule has 0 fully saturated rings. The van der Waals surface area contributed by atoms with Crippen molar-refractivity contribution in [2.24, 2.45) is 5.92 Å². The van der Waals surface area contributed by atoms with Gasteiger partial charge in [0.05, 0.1) is 0 Å². The number of carbonyl (C=O) groups is 3. The van der Waals surface area contributed by atoms with E-state index in [1.165, 1.54) is 193 Å². The normalized spacial score (nSPS) is 12.4. The molecule has 0 rings (SSSR count). The SMILES string of the molecule is CCCCCCCCCCCCCCC(=O)O[C@@H](COC(=O)CCCCCCCCC)COC(=O)CCCCCCCCCCCCCCCCCCCCC(C)CC. The van der Waals surface area contributed by atoms with Gasteiger partial charge in [0.25, 0.3) is 0 Å². The Labute approximate surface area is 368 Å². The summed E-state index contributed by atoms with van der Waals surface area (Å²) in [5.74, 6) is 0.0587. The molecule has 0 radical (unpaired) electrons. The van der Waals surface area contributed by atoms with Crippen molar-refractivity contribution in [3.63, 3.8) is 0 Å². The Balaban J connectivity index is 4.10. The Morgan fingerprint density at radius 1 is 0.339 bits per heavy atom. The Morgan fingerprint density at radius 2 is 0.593 bits per heavy atom. The van der Waals surface area contributed by atoms with Gasteiger partial charge in [-0.05, 0) is 25.2 Å². The molecule has 0 bridgehead atoms. The summed E-state index contributed by atoms with van der Waals surface area (Å²) >= 11 is 0. The maximum absolute atomic E-state index is 12.7. The predicted octanol–water partition coefficient (Wildman–Crippen LogP) is 17.1. The molecule has 0 saturated heterocycles. The van der Waals surface area contributed by atoms with Crippen LogP contribution in [0.5, 0.6) is 0 Å². The van der Waals surface area contributed by atoms with E-state index >= 15 is 0 Å². The van der Waals surface area contributed by atoms with Gasteiger partial charge in [-0.1, -0.05) is 259 Å². The number of esters is 3. The first kappa shape index (κ1) is 57.4. The van der Waals surface area contributed by atoms with Gasteiger partial charge in [0.1, 0.15) is 13.2 Å². The van der Waals surface area contributed by atoms with Crippen LogP contribution in [0.3, 0.4) is 0 Å². The number of ether oxygens (including phenoxy) is 3. The zero-order valence-corrected chi connectivity index (χ0v) is 40.2. The summed E-state index contributed by atoms with van der Waals surface area (Å²) in [6.07, 6.45) is 49.6. The Bertz CT molecular complexity index is 889. The van der Waals surface area contributed by atoms with Gasteiger partial charge < -0.3 is 14.2 Å². The second-order valence-corrected chi connectivity index (χ2v) is 18.4. The minimum atomic E-state index is -0.759. The fourth-order valence-electron chi connectivity index (χ4n) is 8.01. The van der Waals surface area contributed by atoms with Gasteiger partial charge in [0.2, 0.25) is 0 Å². The van der Waals surface area contributed by atoms with Gasteiger partial charge in [-0.15, -0.1) is 0 Å². The van der Waals surface area contributed by atoms with Crippen LogP contribution in [0.2, 0.25) is 0 Å². The maximum atomic E-state index is 12.7. The van der Waals surface area contributed by atoms with Gasteiger partial charge in [-0.2, -0.15) is 0 Å². The Hall–Kier alpha value is -1.59. The second kappa shape index (κ2) is 47.5. The highest BCUT2D eigenvalue weighted by molar-refractivity contribution is 5.71. The summed E-state index contributed by atoms with van der Waals surface area (Å²) in [5, 5.41) is 0. The molecule has 0 aliphatic rings. The summed E-state index contributed by atoms with van der Waals surface area (Å²) in [6, 6.07) is 0. The van der Waals surface area contributed by atoms with E-state index in [1.807, 2.05) is 0 Å². The number of hydrogen-bond acceptors (Lipinski definition) is 6. The molecule has 2 atom stereocenters. The van der Waals surface area contributed by atoms with Crippen LogP contribution in [0.4, 0.5) is 0 Å². The van der Waals surface area contributed by atoms with Crippen LogP contribution in [0, 0.1) is 5.92 Å². The minimum absolute atomic E-state index is 0.0630. The van der Waals surface area contributed by atoms with Crippen molar-refractivity contribution in [3.8, 4) is 0 Å². The van der Waals surface area contributed by atoms with E-state index < -0.39 is 6.10 Å². The largest absolute Gasteiger partial charge is 0.462 e. The average molecular weight is 835 g/mol. The molecular formula is C53H102O6. The highest BCUT2D eigenvalue weighted by atomic mass is 16.6. The number of carbonyl (C=O) groups excluding carboxylic acids is 3. The molecule has 0 heterocycles. The molecule has 0 aromatic heterocycles. The molecular weight excluding hydrogens is 733 g/mol. The van der Waals surface area contributed by atoms with Crippen LogP contribution in [0.15, 0.2) is 0 Å². The van der Waals surface area contributed by atoms with Crippen LogP contribution >= 0.6 is 0 Å². The number of rotatable bonds is 48. The van der Waals surface area contributed by atoms with Gasteiger partial charge in [0, 0.05) is 19.3 Å². The molecule has 1 unspecified atom stereocenters. The Morgan fingerprint density at radius 3 is 0.881 bits per heavy atom. The fourth-order valence-corrected chi connectivity index (χ4v) is 8.01. The molecule has 0 spiro atoms. The summed E-state index contributed by atoms with van der Waals surface area (Å²) in [6.45, 7) is 9.04. The molecule has 0 aliphatic carbocycles. The van der Waals surface area contributed by atoms with E-state index in [1.54, 1.807) is 0 Å². The molecule has 0 aliphatic heterocycles. The lowest BCUT2D eigenvalue weighted by Gasteiger charge is -2.18. The third-order valence-electron chi connectivity index (χ3n) is 12.4. The van der Waals surface area contributed by atoms with Crippen LogP contribution in [-0.4, -0.2) is 37.2 Å². The molecule has 6 nitrogen and oxygen atoms in total. The second-order valence-electron chi connectivity index (χ2n) is 18.4.